The largest absolute Gasteiger partial charge is 0.481 e. The number of aliphatic carboxylic acids is 1. The normalized spacial score (nSPS) is 13.3. The van der Waals surface area contributed by atoms with Crippen molar-refractivity contribution in [2.75, 3.05) is 18.4 Å². The number of nitrogens with one attached hydrogen (secondary N) is 1. The molecule has 5 heteroatoms. The summed E-state index contributed by atoms with van der Waals surface area (Å²) in [5.41, 5.74) is 1.32. The minimum atomic E-state index is -0.878. The van der Waals surface area contributed by atoms with Crippen LogP contribution in [-0.2, 0) is 11.2 Å². The quantitative estimate of drug-likeness (QED) is 0.788. The third kappa shape index (κ3) is 4.84. The van der Waals surface area contributed by atoms with Crippen LogP contribution in [0.5, 0.6) is 0 Å². The molecule has 1 aromatic rings. The number of carboxylic acid groups (broad SMARTS) is 1. The number of carboxylic acids is 1. The van der Waals surface area contributed by atoms with Crippen LogP contribution in [-0.4, -0.2) is 35.1 Å². The number of hydrogen-bond acceptors (Lipinski definition) is 2. The van der Waals surface area contributed by atoms with E-state index in [1.807, 2.05) is 0 Å². The van der Waals surface area contributed by atoms with Crippen molar-refractivity contribution in [2.45, 2.75) is 19.3 Å². The maximum absolute atomic E-state index is 12.2. The summed E-state index contributed by atoms with van der Waals surface area (Å²) < 4.78 is 0. The van der Waals surface area contributed by atoms with Crippen molar-refractivity contribution in [2.24, 2.45) is 5.92 Å². The zero-order valence-corrected chi connectivity index (χ0v) is 11.7. The fourth-order valence-corrected chi connectivity index (χ4v) is 2.02. The van der Waals surface area contributed by atoms with Gasteiger partial charge in [0.15, 0.2) is 0 Å². The van der Waals surface area contributed by atoms with Gasteiger partial charge < -0.3 is 15.3 Å². The van der Waals surface area contributed by atoms with E-state index in [0.717, 1.165) is 12.8 Å². The van der Waals surface area contributed by atoms with Crippen LogP contribution in [0.4, 0.5) is 10.5 Å². The molecule has 1 fully saturated rings. The van der Waals surface area contributed by atoms with Gasteiger partial charge in [-0.1, -0.05) is 18.1 Å². The molecule has 0 saturated heterocycles. The first-order valence-corrected chi connectivity index (χ1v) is 6.88. The molecular weight excluding hydrogens is 268 g/mol. The van der Waals surface area contributed by atoms with Gasteiger partial charge in [-0.15, -0.1) is 6.42 Å². The van der Waals surface area contributed by atoms with E-state index >= 15 is 0 Å². The number of nitrogens with zero attached hydrogens (tertiary/aromatic N) is 1. The van der Waals surface area contributed by atoms with Gasteiger partial charge in [0.05, 0.1) is 13.0 Å². The molecule has 2 N–H and O–H groups in total. The van der Waals surface area contributed by atoms with Crippen molar-refractivity contribution in [1.82, 2.24) is 4.90 Å². The molecule has 1 aliphatic carbocycles. The molecule has 1 aliphatic rings. The molecule has 0 spiro atoms. The second-order valence-corrected chi connectivity index (χ2v) is 5.23. The number of anilines is 1. The number of hydrogen-bond donors (Lipinski definition) is 2. The van der Waals surface area contributed by atoms with Crippen LogP contribution in [0.25, 0.3) is 0 Å². The van der Waals surface area contributed by atoms with Crippen LogP contribution in [0.15, 0.2) is 24.3 Å². The van der Waals surface area contributed by atoms with E-state index in [2.05, 4.69) is 11.2 Å². The standard InChI is InChI=1S/C16H18N2O3/c1-2-9-18(11-13-3-4-13)16(21)17-14-7-5-12(6-8-14)10-15(19)20/h1,5-8,13H,3-4,9-11H2,(H,17,21)(H,19,20). The highest BCUT2D eigenvalue weighted by Gasteiger charge is 2.26. The van der Waals surface area contributed by atoms with Crippen LogP contribution in [0, 0.1) is 18.3 Å². The van der Waals surface area contributed by atoms with Crippen molar-refractivity contribution in [1.29, 1.82) is 0 Å². The van der Waals surface area contributed by atoms with Crippen molar-refractivity contribution < 1.29 is 14.7 Å². The van der Waals surface area contributed by atoms with Gasteiger partial charge in [-0.3, -0.25) is 4.79 Å². The summed E-state index contributed by atoms with van der Waals surface area (Å²) in [5.74, 6) is 2.19. The number of urea groups is 1. The molecule has 0 aromatic heterocycles. The van der Waals surface area contributed by atoms with E-state index in [9.17, 15) is 9.59 Å². The molecule has 110 valence electrons. The Balaban J connectivity index is 1.93. The van der Waals surface area contributed by atoms with Crippen molar-refractivity contribution in [3.8, 4) is 12.3 Å². The second kappa shape index (κ2) is 6.80. The highest BCUT2D eigenvalue weighted by atomic mass is 16.4. The minimum absolute atomic E-state index is 0.0286. The lowest BCUT2D eigenvalue weighted by atomic mass is 10.1. The zero-order valence-electron chi connectivity index (χ0n) is 11.7. The van der Waals surface area contributed by atoms with E-state index in [1.54, 1.807) is 29.2 Å². The molecule has 2 amide bonds. The highest BCUT2D eigenvalue weighted by Crippen LogP contribution is 2.29. The fourth-order valence-electron chi connectivity index (χ4n) is 2.02. The minimum Gasteiger partial charge on any atom is -0.481 e. The Labute approximate surface area is 124 Å². The van der Waals surface area contributed by atoms with E-state index in [0.29, 0.717) is 30.3 Å². The molecule has 0 bridgehead atoms. The van der Waals surface area contributed by atoms with E-state index in [4.69, 9.17) is 11.5 Å². The number of carbonyl (C=O) groups is 2. The van der Waals surface area contributed by atoms with Crippen molar-refractivity contribution >= 4 is 17.7 Å². The smallest absolute Gasteiger partial charge is 0.322 e. The average molecular weight is 286 g/mol. The molecule has 0 unspecified atom stereocenters. The maximum Gasteiger partial charge on any atom is 0.322 e. The summed E-state index contributed by atoms with van der Waals surface area (Å²) in [5, 5.41) is 11.5. The Morgan fingerprint density at radius 1 is 1.33 bits per heavy atom. The first kappa shape index (κ1) is 14.9. The van der Waals surface area contributed by atoms with E-state index < -0.39 is 5.97 Å². The monoisotopic (exact) mass is 286 g/mol. The summed E-state index contributed by atoms with van der Waals surface area (Å²) in [4.78, 5) is 24.4. The predicted molar refractivity (Wildman–Crippen MR) is 79.9 cm³/mol. The maximum atomic E-state index is 12.2. The van der Waals surface area contributed by atoms with E-state index in [1.165, 1.54) is 0 Å². The first-order chi connectivity index (χ1) is 10.1. The van der Waals surface area contributed by atoms with Gasteiger partial charge in [0.1, 0.15) is 0 Å². The van der Waals surface area contributed by atoms with Crippen molar-refractivity contribution in [3.63, 3.8) is 0 Å². The van der Waals surface area contributed by atoms with Crippen LogP contribution < -0.4 is 5.32 Å². The van der Waals surface area contributed by atoms with Crippen molar-refractivity contribution in [3.05, 3.63) is 29.8 Å². The summed E-state index contributed by atoms with van der Waals surface area (Å²) in [6.45, 7) is 0.979. The molecule has 0 aliphatic heterocycles. The Morgan fingerprint density at radius 3 is 2.52 bits per heavy atom. The summed E-state index contributed by atoms with van der Waals surface area (Å²) in [7, 11) is 0. The molecule has 1 saturated carbocycles. The lowest BCUT2D eigenvalue weighted by Gasteiger charge is -2.20. The topological polar surface area (TPSA) is 69.6 Å². The molecule has 21 heavy (non-hydrogen) atoms. The van der Waals surface area contributed by atoms with Crippen LogP contribution in [0.1, 0.15) is 18.4 Å². The number of rotatable bonds is 6. The second-order valence-electron chi connectivity index (χ2n) is 5.23. The summed E-state index contributed by atoms with van der Waals surface area (Å²) >= 11 is 0. The molecule has 0 atom stereocenters. The lowest BCUT2D eigenvalue weighted by molar-refractivity contribution is -0.136. The van der Waals surface area contributed by atoms with Crippen LogP contribution in [0.2, 0.25) is 0 Å². The zero-order chi connectivity index (χ0) is 15.2. The third-order valence-electron chi connectivity index (χ3n) is 3.31. The van der Waals surface area contributed by atoms with E-state index in [-0.39, 0.29) is 12.5 Å². The van der Waals surface area contributed by atoms with Gasteiger partial charge in [-0.25, -0.2) is 4.79 Å². The Morgan fingerprint density at radius 2 is 2.00 bits per heavy atom. The molecule has 5 nitrogen and oxygen atoms in total. The fraction of sp³-hybridized carbons (Fsp3) is 0.375. The number of benzene rings is 1. The number of amides is 2. The summed E-state index contributed by atoms with van der Waals surface area (Å²) in [6.07, 6.45) is 7.57. The first-order valence-electron chi connectivity index (χ1n) is 6.88. The molecule has 1 aromatic carbocycles. The summed E-state index contributed by atoms with van der Waals surface area (Å²) in [6, 6.07) is 6.56. The van der Waals surface area contributed by atoms with Gasteiger partial charge in [-0.05, 0) is 36.5 Å². The predicted octanol–water partition coefficient (Wildman–Crippen LogP) is 2.19. The van der Waals surface area contributed by atoms with Gasteiger partial charge >= 0.3 is 12.0 Å². The average Bonchev–Trinajstić information content (AvgIpc) is 3.24. The Hall–Kier alpha value is -2.48. The third-order valence-corrected chi connectivity index (χ3v) is 3.31. The SMILES string of the molecule is C#CCN(CC1CC1)C(=O)Nc1ccc(CC(=O)O)cc1. The molecular formula is C16H18N2O3. The Kier molecular flexibility index (Phi) is 4.83. The Bertz CT molecular complexity index is 556. The van der Waals surface area contributed by atoms with Gasteiger partial charge in [0.2, 0.25) is 0 Å². The highest BCUT2D eigenvalue weighted by molar-refractivity contribution is 5.89. The van der Waals surface area contributed by atoms with Crippen LogP contribution >= 0.6 is 0 Å². The van der Waals surface area contributed by atoms with Crippen LogP contribution in [0.3, 0.4) is 0 Å². The number of carbonyl (C=O) groups excluding carboxylic acids is 1. The van der Waals surface area contributed by atoms with Gasteiger partial charge in [-0.2, -0.15) is 0 Å². The molecule has 2 rings (SSSR count). The van der Waals surface area contributed by atoms with Gasteiger partial charge in [0.25, 0.3) is 0 Å². The molecule has 0 heterocycles. The number of terminal acetylenes is 1. The molecule has 0 radical (unpaired) electrons. The lowest BCUT2D eigenvalue weighted by Crippen LogP contribution is -2.36. The van der Waals surface area contributed by atoms with Gasteiger partial charge in [0, 0.05) is 12.2 Å².